The number of primary amides is 1. The van der Waals surface area contributed by atoms with E-state index in [9.17, 15) is 4.79 Å². The number of aromatic nitrogens is 10. The van der Waals surface area contributed by atoms with Crippen LogP contribution in [0.3, 0.4) is 0 Å². The third-order valence-corrected chi connectivity index (χ3v) is 39.0. The van der Waals surface area contributed by atoms with Gasteiger partial charge < -0.3 is 89.5 Å². The number of imidazole rings is 1. The first kappa shape index (κ1) is 102. The van der Waals surface area contributed by atoms with Crippen molar-refractivity contribution >= 4 is 144 Å². The van der Waals surface area contributed by atoms with E-state index in [1.807, 2.05) is 36.9 Å². The lowest BCUT2D eigenvalue weighted by Gasteiger charge is -2.46. The van der Waals surface area contributed by atoms with Crippen LogP contribution in [0.1, 0.15) is 294 Å². The Morgan fingerprint density at radius 1 is 0.486 bits per heavy atom. The van der Waals surface area contributed by atoms with Crippen molar-refractivity contribution in [3.05, 3.63) is 226 Å². The van der Waals surface area contributed by atoms with Gasteiger partial charge in [-0.1, -0.05) is 86.0 Å². The fourth-order valence-electron chi connectivity index (χ4n) is 24.5. The SMILES string of the molecule is CC1CC2(CC(c3cc4n(n3)CCCO4)N1)OCCc1cc(Cl)sc12.CC1CC2(CC(c3cn(CC(N)=O)nn3)N1)OCCc1cc(Cl)sc12.CC1CC2(CC(c3cnc(C4CC4)[nH]3)N1)OCCc1cc(Cl)sc12.COc1cccc(C2CC3(CC(C)N2)OCCc2cc(Cl)sc23)n1.Cc1cnc(C2CC3(CC(C)N2)OCCc2cc(Cl)sc23)o1.Cc1nocc1C1CC2(CC(C)N1)OCCc1cc(Cl)sc12. The van der Waals surface area contributed by atoms with Crippen LogP contribution in [0.25, 0.3) is 0 Å². The normalized spacial score (nSPS) is 30.9. The van der Waals surface area contributed by atoms with Gasteiger partial charge in [0.2, 0.25) is 23.6 Å². The number of oxazole rings is 1. The molecule has 6 saturated heterocycles. The number of rotatable bonds is 10. The molecule has 13 aliphatic heterocycles. The Labute approximate surface area is 881 Å². The van der Waals surface area contributed by atoms with Crippen LogP contribution in [-0.4, -0.2) is 145 Å². The smallest absolute Gasteiger partial charge is 0.239 e. The molecule has 14 aliphatic rings. The van der Waals surface area contributed by atoms with Gasteiger partial charge in [-0.2, -0.15) is 5.10 Å². The molecule has 9 N–H and O–H groups in total. The lowest BCUT2D eigenvalue weighted by atomic mass is 9.78. The van der Waals surface area contributed by atoms with Gasteiger partial charge in [0.25, 0.3) is 0 Å². The van der Waals surface area contributed by atoms with Gasteiger partial charge >= 0.3 is 0 Å². The molecule has 18 unspecified atom stereocenters. The van der Waals surface area contributed by atoms with E-state index in [0.29, 0.717) is 48.6 Å². The zero-order valence-corrected chi connectivity index (χ0v) is 90.5. The Bertz CT molecular complexity index is 6460. The summed E-state index contributed by atoms with van der Waals surface area (Å²) >= 11 is 47.8. The van der Waals surface area contributed by atoms with Crippen LogP contribution < -0.4 is 47.1 Å². The third-order valence-electron chi connectivity index (χ3n) is 30.1. The fourth-order valence-corrected chi connectivity index (χ4v) is 33.2. The molecule has 0 radical (unpaired) electrons. The summed E-state index contributed by atoms with van der Waals surface area (Å²) in [5.41, 5.74) is 17.9. The largest absolute Gasteiger partial charge is 0.481 e. The molecule has 1 aliphatic carbocycles. The molecule has 0 aromatic carbocycles. The van der Waals surface area contributed by atoms with Gasteiger partial charge in [-0.3, -0.25) is 4.79 Å². The van der Waals surface area contributed by atoms with E-state index in [4.69, 9.17) is 127 Å². The summed E-state index contributed by atoms with van der Waals surface area (Å²) in [7, 11) is 1.65. The molecule has 40 heteroatoms. The minimum atomic E-state index is -0.439. The van der Waals surface area contributed by atoms with Crippen molar-refractivity contribution in [1.29, 1.82) is 0 Å². The van der Waals surface area contributed by atoms with Crippen molar-refractivity contribution in [2.75, 3.05) is 53.4 Å². The number of aromatic amines is 1. The van der Waals surface area contributed by atoms with E-state index in [1.54, 1.807) is 93.8 Å². The number of H-pyrrole nitrogens is 1. The second kappa shape index (κ2) is 42.2. The van der Waals surface area contributed by atoms with Crippen molar-refractivity contribution in [2.24, 2.45) is 5.73 Å². The van der Waals surface area contributed by atoms with Crippen LogP contribution in [0.4, 0.5) is 0 Å². The summed E-state index contributed by atoms with van der Waals surface area (Å²) in [5.74, 6) is 4.50. The number of hydrogen-bond acceptors (Lipinski definition) is 30. The summed E-state index contributed by atoms with van der Waals surface area (Å²) in [4.78, 5) is 36.1. The summed E-state index contributed by atoms with van der Waals surface area (Å²) < 4.78 is 68.7. The third kappa shape index (κ3) is 21.5. The lowest BCUT2D eigenvalue weighted by Crippen LogP contribution is -2.49. The Hall–Kier alpha value is -6.34. The molecule has 6 spiro atoms. The number of nitrogens with one attached hydrogen (secondary N) is 7. The number of piperidine rings is 6. The molecule has 1 amide bonds. The highest BCUT2D eigenvalue weighted by atomic mass is 35.5. The molecular formula is C102H123Cl6N17O11S6. The topological polar surface area (TPSA) is 331 Å². The number of ether oxygens (including phenoxy) is 8. The maximum atomic E-state index is 11.1. The molecule has 28 nitrogen and oxygen atoms in total. The quantitative estimate of drug-likeness (QED) is 0.0630. The van der Waals surface area contributed by atoms with Crippen molar-refractivity contribution < 1.29 is 51.6 Å². The number of carbonyl (C=O) groups excluding carboxylic acids is 1. The van der Waals surface area contributed by atoms with E-state index in [0.717, 1.165) is 246 Å². The standard InChI is InChI=1S/C18H22ClN3O2S.C18H22ClN3OS.C18H21ClN2O2S.C16H20ClN5O2S.2C16H19ClN2O2S/c1-11-9-18(17-12(3-6-24-18)7-15(19)25-17)10-14(20-11)13-8-16-22(21-13)4-2-5-23-16;1-10-7-18(16-12(4-5-23-18)6-15(19)24-16)8-13(21-10)14-9-20-17(22-14)11-2-3-11;1-11-9-18(17-12(6-7-23-18)8-15(19)24-17)10-14(20-11)13-4-3-5-16(21-13)22-2;1-9-5-16(15-10(2-3-24-16)4-13(17)25-15)6-11(19-9)12-7-22(21-20-12)8-14(18)23;1-9-6-16(7-13(18-9)12-8-21-19-10(12)2)15-11(3-4-20-16)5-14(17)22-15;1-9-6-16(7-12(19-9)15-18-8-10(2)21-15)14-11(3-4-20-16)5-13(17)22-14/h7-8,11,14,20H,2-6,9-10H2,1H3;6,9-11,13,21H,2-5,7-8H2,1H3,(H,20,22);3-5,8,11,14,20H,6-7,9-10H2,1-2H3;4,7,9,11,19H,2-3,5-6,8H2,1H3,(H2,18,23);5,8-9,13,18H,3-4,6-7H2,1-2H3;5,8-9,12,19H,3-4,6-7H2,1-2H3. The summed E-state index contributed by atoms with van der Waals surface area (Å²) in [5, 5.41) is 39.0. The molecule has 25 heterocycles. The van der Waals surface area contributed by atoms with Crippen molar-refractivity contribution in [1.82, 2.24) is 81.8 Å². The highest BCUT2D eigenvalue weighted by Gasteiger charge is 2.54. The van der Waals surface area contributed by atoms with Crippen molar-refractivity contribution in [3.8, 4) is 11.8 Å². The van der Waals surface area contributed by atoms with E-state index >= 15 is 0 Å². The molecule has 760 valence electrons. The van der Waals surface area contributed by atoms with Crippen molar-refractivity contribution in [2.45, 2.75) is 315 Å². The minimum absolute atomic E-state index is 0.00259. The zero-order valence-electron chi connectivity index (χ0n) is 81.1. The first-order valence-corrected chi connectivity index (χ1v) is 57.0. The second-order valence-electron chi connectivity index (χ2n) is 41.1. The highest BCUT2D eigenvalue weighted by molar-refractivity contribution is 7.18. The molecule has 1 saturated carbocycles. The average Bonchev–Trinajstić information content (AvgIpc) is 1.57. The number of aryl methyl sites for hydroxylation is 3. The molecular weight excluding hydrogens is 2040 g/mol. The predicted molar refractivity (Wildman–Crippen MR) is 557 cm³/mol. The first-order chi connectivity index (χ1) is 68.4. The van der Waals surface area contributed by atoms with Gasteiger partial charge in [-0.05, 0) is 221 Å². The number of carbonyl (C=O) groups is 1. The van der Waals surface area contributed by atoms with E-state index in [-0.39, 0.29) is 82.4 Å². The van der Waals surface area contributed by atoms with Crippen LogP contribution in [0.2, 0.25) is 26.0 Å². The number of nitrogens with zero attached hydrogens (tertiary/aromatic N) is 9. The molecule has 18 atom stereocenters. The molecule has 12 aromatic heterocycles. The number of fused-ring (bicyclic) bond motifs is 13. The maximum absolute atomic E-state index is 11.1. The summed E-state index contributed by atoms with van der Waals surface area (Å²) in [6.07, 6.45) is 27.5. The van der Waals surface area contributed by atoms with Gasteiger partial charge in [0.05, 0.1) is 150 Å². The molecule has 7 fully saturated rings. The first-order valence-electron chi connectivity index (χ1n) is 49.8. The van der Waals surface area contributed by atoms with Gasteiger partial charge in [0.15, 0.2) is 0 Å². The van der Waals surface area contributed by atoms with Crippen molar-refractivity contribution in [3.63, 3.8) is 0 Å². The fraction of sp³-hybridized carbons (Fsp3) is 0.569. The van der Waals surface area contributed by atoms with Crippen LogP contribution in [-0.2, 0) is 118 Å². The number of hydrogen-bond donors (Lipinski definition) is 8. The van der Waals surface area contributed by atoms with Crippen LogP contribution in [0.15, 0.2) is 94.5 Å². The van der Waals surface area contributed by atoms with E-state index in [1.165, 1.54) is 85.9 Å². The van der Waals surface area contributed by atoms with Gasteiger partial charge in [-0.25, -0.2) is 24.3 Å². The monoisotopic (exact) mass is 2160 g/mol. The van der Waals surface area contributed by atoms with E-state index in [2.05, 4.69) is 157 Å². The Kier molecular flexibility index (Phi) is 30.2. The minimum Gasteiger partial charge on any atom is -0.481 e. The molecule has 142 heavy (non-hydrogen) atoms. The van der Waals surface area contributed by atoms with Crippen LogP contribution in [0, 0.1) is 13.8 Å². The summed E-state index contributed by atoms with van der Waals surface area (Å²) in [6, 6.07) is 23.5. The Morgan fingerprint density at radius 3 is 1.29 bits per heavy atom. The van der Waals surface area contributed by atoms with Crippen LogP contribution >= 0.6 is 138 Å². The molecule has 0 bridgehead atoms. The van der Waals surface area contributed by atoms with Gasteiger partial charge in [0.1, 0.15) is 58.0 Å². The highest BCUT2D eigenvalue weighted by Crippen LogP contribution is 2.58. The number of methoxy groups -OCH3 is 1. The number of halogens is 6. The lowest BCUT2D eigenvalue weighted by molar-refractivity contribution is -0.118. The number of amides is 1. The van der Waals surface area contributed by atoms with E-state index < -0.39 is 5.91 Å². The van der Waals surface area contributed by atoms with Gasteiger partial charge in [0, 0.05) is 153 Å². The average molecular weight is 2170 g/mol. The Balaban J connectivity index is 0.000000101. The second-order valence-corrected chi connectivity index (χ2v) is 51.2. The molecule has 12 aromatic rings. The van der Waals surface area contributed by atoms with Crippen LogP contribution in [0.5, 0.6) is 11.8 Å². The number of nitrogens with two attached hydrogens (primary N) is 1. The predicted octanol–water partition coefficient (Wildman–Crippen LogP) is 21.7. The maximum Gasteiger partial charge on any atom is 0.239 e. The Morgan fingerprint density at radius 2 is 0.887 bits per heavy atom. The zero-order chi connectivity index (χ0) is 98.3. The number of pyridine rings is 1. The number of thiophene rings is 6. The molecule has 26 rings (SSSR count). The van der Waals surface area contributed by atoms with Gasteiger partial charge in [-0.15, -0.1) is 73.1 Å². The summed E-state index contributed by atoms with van der Waals surface area (Å²) in [6.45, 7) is 23.4.